The zero-order valence-electron chi connectivity index (χ0n) is 8.55. The average Bonchev–Trinajstić information content (AvgIpc) is 2.41. The van der Waals surface area contributed by atoms with E-state index in [0.717, 1.165) is 38.9 Å². The van der Waals surface area contributed by atoms with E-state index in [9.17, 15) is 4.79 Å². The van der Waals surface area contributed by atoms with Crippen molar-refractivity contribution in [2.45, 2.75) is 45.4 Å². The van der Waals surface area contributed by atoms with Gasteiger partial charge in [0.2, 0.25) is 0 Å². The fourth-order valence-electron chi connectivity index (χ4n) is 1.98. The van der Waals surface area contributed by atoms with Gasteiger partial charge in [-0.2, -0.15) is 0 Å². The van der Waals surface area contributed by atoms with Crippen LogP contribution in [0.5, 0.6) is 0 Å². The van der Waals surface area contributed by atoms with Crippen molar-refractivity contribution < 1.29 is 9.53 Å². The minimum atomic E-state index is -0.0491. The molecule has 0 radical (unpaired) electrons. The monoisotopic (exact) mass is 184 g/mol. The Labute approximate surface area is 80.7 Å². The van der Waals surface area contributed by atoms with Crippen molar-refractivity contribution >= 4 is 6.29 Å². The zero-order chi connectivity index (χ0) is 9.57. The topological polar surface area (TPSA) is 26.3 Å². The standard InChI is InChI=1S/C11H20O2/c1-2-3-5-11(10-12)6-4-8-13-9-7-11/h10H,2-9H2,1H3. The summed E-state index contributed by atoms with van der Waals surface area (Å²) < 4.78 is 5.37. The minimum Gasteiger partial charge on any atom is -0.381 e. The molecule has 0 aromatic heterocycles. The Hall–Kier alpha value is -0.370. The summed E-state index contributed by atoms with van der Waals surface area (Å²) in [6, 6.07) is 0. The smallest absolute Gasteiger partial charge is 0.126 e. The minimum absolute atomic E-state index is 0.0491. The summed E-state index contributed by atoms with van der Waals surface area (Å²) in [5.74, 6) is 0. The first-order valence-corrected chi connectivity index (χ1v) is 5.37. The lowest BCUT2D eigenvalue weighted by Crippen LogP contribution is -2.22. The van der Waals surface area contributed by atoms with Gasteiger partial charge in [0, 0.05) is 18.6 Å². The van der Waals surface area contributed by atoms with E-state index < -0.39 is 0 Å². The van der Waals surface area contributed by atoms with Gasteiger partial charge in [0.05, 0.1) is 0 Å². The van der Waals surface area contributed by atoms with Gasteiger partial charge in [-0.15, -0.1) is 0 Å². The molecular weight excluding hydrogens is 164 g/mol. The number of hydrogen-bond donors (Lipinski definition) is 0. The summed E-state index contributed by atoms with van der Waals surface area (Å²) >= 11 is 0. The van der Waals surface area contributed by atoms with Gasteiger partial charge >= 0.3 is 0 Å². The number of ether oxygens (including phenoxy) is 1. The van der Waals surface area contributed by atoms with Gasteiger partial charge in [-0.3, -0.25) is 0 Å². The quantitative estimate of drug-likeness (QED) is 0.628. The molecule has 0 aromatic rings. The maximum absolute atomic E-state index is 11.1. The van der Waals surface area contributed by atoms with Crippen LogP contribution in [0.3, 0.4) is 0 Å². The van der Waals surface area contributed by atoms with Crippen LogP contribution in [0.25, 0.3) is 0 Å². The third-order valence-corrected chi connectivity index (χ3v) is 2.99. The van der Waals surface area contributed by atoms with Crippen molar-refractivity contribution in [2.24, 2.45) is 5.41 Å². The molecule has 1 unspecified atom stereocenters. The molecule has 2 heteroatoms. The zero-order valence-corrected chi connectivity index (χ0v) is 8.55. The summed E-state index contributed by atoms with van der Waals surface area (Å²) in [6.07, 6.45) is 7.57. The first-order valence-electron chi connectivity index (χ1n) is 5.37. The molecule has 0 spiro atoms. The van der Waals surface area contributed by atoms with Crippen LogP contribution in [0.2, 0.25) is 0 Å². The number of carbonyl (C=O) groups is 1. The Balaban J connectivity index is 2.48. The molecule has 1 fully saturated rings. The summed E-state index contributed by atoms with van der Waals surface area (Å²) in [4.78, 5) is 11.1. The SMILES string of the molecule is CCCCC1(C=O)CCCOCC1. The maximum Gasteiger partial charge on any atom is 0.126 e. The Bertz CT molecular complexity index is 146. The number of aldehydes is 1. The van der Waals surface area contributed by atoms with Crippen LogP contribution in [0.4, 0.5) is 0 Å². The van der Waals surface area contributed by atoms with Crippen LogP contribution in [-0.2, 0) is 9.53 Å². The molecular formula is C11H20O2. The molecule has 0 amide bonds. The van der Waals surface area contributed by atoms with Crippen LogP contribution in [0, 0.1) is 5.41 Å². The molecule has 1 aliphatic rings. The van der Waals surface area contributed by atoms with Crippen LogP contribution in [-0.4, -0.2) is 19.5 Å². The van der Waals surface area contributed by atoms with Gasteiger partial charge < -0.3 is 9.53 Å². The summed E-state index contributed by atoms with van der Waals surface area (Å²) in [6.45, 7) is 3.77. The van der Waals surface area contributed by atoms with E-state index >= 15 is 0 Å². The largest absolute Gasteiger partial charge is 0.381 e. The van der Waals surface area contributed by atoms with Crippen molar-refractivity contribution in [3.8, 4) is 0 Å². The van der Waals surface area contributed by atoms with Crippen molar-refractivity contribution in [3.05, 3.63) is 0 Å². The maximum atomic E-state index is 11.1. The third kappa shape index (κ3) is 3.11. The van der Waals surface area contributed by atoms with Crippen molar-refractivity contribution in [1.82, 2.24) is 0 Å². The Kier molecular flexibility index (Phi) is 4.43. The van der Waals surface area contributed by atoms with E-state index in [4.69, 9.17) is 4.74 Å². The number of hydrogen-bond acceptors (Lipinski definition) is 2. The van der Waals surface area contributed by atoms with E-state index in [2.05, 4.69) is 6.92 Å². The second-order valence-electron chi connectivity index (χ2n) is 4.05. The molecule has 1 heterocycles. The fraction of sp³-hybridized carbons (Fsp3) is 0.909. The number of carbonyl (C=O) groups excluding carboxylic acids is 1. The number of rotatable bonds is 4. The van der Waals surface area contributed by atoms with E-state index in [0.29, 0.717) is 0 Å². The Morgan fingerprint density at radius 2 is 2.23 bits per heavy atom. The van der Waals surface area contributed by atoms with Gasteiger partial charge in [-0.1, -0.05) is 19.8 Å². The van der Waals surface area contributed by atoms with Gasteiger partial charge in [-0.05, 0) is 25.7 Å². The molecule has 0 saturated carbocycles. The Morgan fingerprint density at radius 3 is 2.92 bits per heavy atom. The highest BCUT2D eigenvalue weighted by Crippen LogP contribution is 2.33. The van der Waals surface area contributed by atoms with E-state index in [-0.39, 0.29) is 5.41 Å². The van der Waals surface area contributed by atoms with E-state index in [1.54, 1.807) is 0 Å². The van der Waals surface area contributed by atoms with Crippen molar-refractivity contribution in [2.75, 3.05) is 13.2 Å². The molecule has 1 aliphatic heterocycles. The molecule has 13 heavy (non-hydrogen) atoms. The molecule has 0 aliphatic carbocycles. The first kappa shape index (κ1) is 10.7. The van der Waals surface area contributed by atoms with Gasteiger partial charge in [0.15, 0.2) is 0 Å². The van der Waals surface area contributed by atoms with Crippen LogP contribution in [0.1, 0.15) is 45.4 Å². The third-order valence-electron chi connectivity index (χ3n) is 2.99. The lowest BCUT2D eigenvalue weighted by molar-refractivity contribution is -0.117. The molecule has 1 rings (SSSR count). The molecule has 1 saturated heterocycles. The summed E-state index contributed by atoms with van der Waals surface area (Å²) in [5, 5.41) is 0. The number of unbranched alkanes of at least 4 members (excludes halogenated alkanes) is 1. The molecule has 0 aromatic carbocycles. The molecule has 2 nitrogen and oxygen atoms in total. The first-order chi connectivity index (χ1) is 6.33. The average molecular weight is 184 g/mol. The second kappa shape index (κ2) is 5.38. The Morgan fingerprint density at radius 1 is 1.38 bits per heavy atom. The van der Waals surface area contributed by atoms with E-state index in [1.165, 1.54) is 19.1 Å². The van der Waals surface area contributed by atoms with Gasteiger partial charge in [-0.25, -0.2) is 0 Å². The summed E-state index contributed by atoms with van der Waals surface area (Å²) in [7, 11) is 0. The predicted octanol–water partition coefficient (Wildman–Crippen LogP) is 2.56. The molecule has 0 bridgehead atoms. The van der Waals surface area contributed by atoms with Crippen LogP contribution in [0.15, 0.2) is 0 Å². The van der Waals surface area contributed by atoms with Crippen molar-refractivity contribution in [3.63, 3.8) is 0 Å². The highest BCUT2D eigenvalue weighted by atomic mass is 16.5. The van der Waals surface area contributed by atoms with Gasteiger partial charge in [0.1, 0.15) is 6.29 Å². The van der Waals surface area contributed by atoms with Gasteiger partial charge in [0.25, 0.3) is 0 Å². The molecule has 0 N–H and O–H groups in total. The fourth-order valence-corrected chi connectivity index (χ4v) is 1.98. The highest BCUT2D eigenvalue weighted by molar-refractivity contribution is 5.59. The lowest BCUT2D eigenvalue weighted by Gasteiger charge is -2.25. The van der Waals surface area contributed by atoms with Crippen molar-refractivity contribution in [1.29, 1.82) is 0 Å². The van der Waals surface area contributed by atoms with E-state index in [1.807, 2.05) is 0 Å². The molecule has 76 valence electrons. The van der Waals surface area contributed by atoms with Crippen LogP contribution < -0.4 is 0 Å². The van der Waals surface area contributed by atoms with Crippen LogP contribution >= 0.6 is 0 Å². The normalized spacial score (nSPS) is 29.6. The second-order valence-corrected chi connectivity index (χ2v) is 4.05. The predicted molar refractivity (Wildman–Crippen MR) is 52.7 cm³/mol. The summed E-state index contributed by atoms with van der Waals surface area (Å²) in [5.41, 5.74) is -0.0491. The molecule has 1 atom stereocenters. The highest BCUT2D eigenvalue weighted by Gasteiger charge is 2.29. The lowest BCUT2D eigenvalue weighted by atomic mass is 9.78.